The number of hydrogen-bond donors (Lipinski definition) is 0. The van der Waals surface area contributed by atoms with Crippen molar-refractivity contribution in [2.45, 2.75) is 25.2 Å². The first-order valence-corrected chi connectivity index (χ1v) is 5.95. The maximum atomic E-state index is 12.4. The van der Waals surface area contributed by atoms with Crippen LogP contribution >= 0.6 is 0 Å². The maximum Gasteiger partial charge on any atom is 0.573 e. The van der Waals surface area contributed by atoms with E-state index in [1.165, 1.54) is 17.0 Å². The fourth-order valence-electron chi connectivity index (χ4n) is 1.82. The average Bonchev–Trinajstić information content (AvgIpc) is 3.19. The average molecular weight is 283 g/mol. The number of ether oxygens (including phenoxy) is 1. The van der Waals surface area contributed by atoms with E-state index in [0.29, 0.717) is 0 Å². The number of nitrogens with zero attached hydrogens (tertiary/aromatic N) is 1. The van der Waals surface area contributed by atoms with Gasteiger partial charge in [-0.3, -0.25) is 4.79 Å². The molecule has 1 aromatic carbocycles. The SMILES string of the molecule is C#Cc1ccc(C(=O)N(C)C2CC2)c(OC(F)(F)F)c1. The molecular formula is C14H12F3NO2. The molecule has 3 nitrogen and oxygen atoms in total. The van der Waals surface area contributed by atoms with Gasteiger partial charge in [-0.15, -0.1) is 19.6 Å². The third-order valence-electron chi connectivity index (χ3n) is 3.02. The summed E-state index contributed by atoms with van der Waals surface area (Å²) in [7, 11) is 1.56. The summed E-state index contributed by atoms with van der Waals surface area (Å²) < 4.78 is 41.1. The van der Waals surface area contributed by atoms with E-state index in [0.717, 1.165) is 18.9 Å². The number of terminal acetylenes is 1. The summed E-state index contributed by atoms with van der Waals surface area (Å²) in [4.78, 5) is 13.6. The molecule has 0 aromatic heterocycles. The van der Waals surface area contributed by atoms with Gasteiger partial charge >= 0.3 is 6.36 Å². The first-order valence-electron chi connectivity index (χ1n) is 5.95. The number of benzene rings is 1. The highest BCUT2D eigenvalue weighted by Crippen LogP contribution is 2.31. The molecule has 1 aromatic rings. The van der Waals surface area contributed by atoms with Gasteiger partial charge in [0.25, 0.3) is 5.91 Å². The van der Waals surface area contributed by atoms with Gasteiger partial charge in [0.2, 0.25) is 0 Å². The van der Waals surface area contributed by atoms with E-state index in [4.69, 9.17) is 6.42 Å². The van der Waals surface area contributed by atoms with E-state index in [9.17, 15) is 18.0 Å². The number of carbonyl (C=O) groups excluding carboxylic acids is 1. The Kier molecular flexibility index (Phi) is 3.62. The maximum absolute atomic E-state index is 12.4. The van der Waals surface area contributed by atoms with Crippen LogP contribution in [0, 0.1) is 12.3 Å². The number of alkyl halides is 3. The molecule has 6 heteroatoms. The minimum absolute atomic E-state index is 0.0912. The minimum Gasteiger partial charge on any atom is -0.405 e. The van der Waals surface area contributed by atoms with Gasteiger partial charge in [0.15, 0.2) is 0 Å². The Morgan fingerprint density at radius 1 is 1.45 bits per heavy atom. The molecule has 106 valence electrons. The molecule has 1 aliphatic carbocycles. The predicted molar refractivity (Wildman–Crippen MR) is 66.2 cm³/mol. The van der Waals surface area contributed by atoms with E-state index in [1.807, 2.05) is 0 Å². The van der Waals surface area contributed by atoms with Gasteiger partial charge < -0.3 is 9.64 Å². The van der Waals surface area contributed by atoms with Crippen LogP contribution in [0.5, 0.6) is 5.75 Å². The van der Waals surface area contributed by atoms with E-state index < -0.39 is 18.0 Å². The molecular weight excluding hydrogens is 271 g/mol. The largest absolute Gasteiger partial charge is 0.573 e. The summed E-state index contributed by atoms with van der Waals surface area (Å²) in [5, 5.41) is 0. The highest BCUT2D eigenvalue weighted by atomic mass is 19.4. The van der Waals surface area contributed by atoms with Crippen molar-refractivity contribution < 1.29 is 22.7 Å². The van der Waals surface area contributed by atoms with Crippen LogP contribution in [0.3, 0.4) is 0 Å². The molecule has 0 N–H and O–H groups in total. The van der Waals surface area contributed by atoms with E-state index in [2.05, 4.69) is 10.7 Å². The normalized spacial score (nSPS) is 14.6. The van der Waals surface area contributed by atoms with Crippen LogP contribution < -0.4 is 4.74 Å². The lowest BCUT2D eigenvalue weighted by Crippen LogP contribution is -2.30. The van der Waals surface area contributed by atoms with E-state index in [-0.39, 0.29) is 17.2 Å². The van der Waals surface area contributed by atoms with Gasteiger partial charge in [-0.2, -0.15) is 0 Å². The zero-order valence-corrected chi connectivity index (χ0v) is 10.7. The lowest BCUT2D eigenvalue weighted by Gasteiger charge is -2.19. The number of hydrogen-bond acceptors (Lipinski definition) is 2. The van der Waals surface area contributed by atoms with Crippen molar-refractivity contribution in [3.05, 3.63) is 29.3 Å². The molecule has 0 heterocycles. The van der Waals surface area contributed by atoms with Gasteiger partial charge in [0.1, 0.15) is 5.75 Å². The number of halogens is 3. The van der Waals surface area contributed by atoms with Crippen molar-refractivity contribution in [1.82, 2.24) is 4.90 Å². The second kappa shape index (κ2) is 5.08. The Hall–Kier alpha value is -2.16. The fourth-order valence-corrected chi connectivity index (χ4v) is 1.82. The predicted octanol–water partition coefficient (Wildman–Crippen LogP) is 2.80. The molecule has 1 amide bonds. The highest BCUT2D eigenvalue weighted by molar-refractivity contribution is 5.97. The van der Waals surface area contributed by atoms with E-state index in [1.54, 1.807) is 7.05 Å². The van der Waals surface area contributed by atoms with Crippen LogP contribution in [0.4, 0.5) is 13.2 Å². The van der Waals surface area contributed by atoms with Gasteiger partial charge in [0, 0.05) is 18.7 Å². The number of rotatable bonds is 3. The zero-order chi connectivity index (χ0) is 14.9. The Balaban J connectivity index is 2.35. The van der Waals surface area contributed by atoms with Crippen molar-refractivity contribution in [3.63, 3.8) is 0 Å². The van der Waals surface area contributed by atoms with Crippen LogP contribution in [0.1, 0.15) is 28.8 Å². The second-order valence-corrected chi connectivity index (χ2v) is 4.55. The van der Waals surface area contributed by atoms with Crippen LogP contribution in [-0.2, 0) is 0 Å². The molecule has 0 unspecified atom stereocenters. The summed E-state index contributed by atoms with van der Waals surface area (Å²) in [5.74, 6) is 1.14. The third-order valence-corrected chi connectivity index (χ3v) is 3.02. The summed E-state index contributed by atoms with van der Waals surface area (Å²) in [6, 6.07) is 3.81. The minimum atomic E-state index is -4.87. The van der Waals surface area contributed by atoms with Gasteiger partial charge in [-0.25, -0.2) is 0 Å². The second-order valence-electron chi connectivity index (χ2n) is 4.55. The quantitative estimate of drug-likeness (QED) is 0.798. The Morgan fingerprint density at radius 2 is 2.10 bits per heavy atom. The molecule has 0 bridgehead atoms. The van der Waals surface area contributed by atoms with Crippen LogP contribution in [0.15, 0.2) is 18.2 Å². The molecule has 1 saturated carbocycles. The van der Waals surface area contributed by atoms with E-state index >= 15 is 0 Å². The van der Waals surface area contributed by atoms with Crippen molar-refractivity contribution in [2.24, 2.45) is 0 Å². The monoisotopic (exact) mass is 283 g/mol. The summed E-state index contributed by atoms with van der Waals surface area (Å²) in [6.07, 6.45) is 1.99. The molecule has 0 spiro atoms. The summed E-state index contributed by atoms with van der Waals surface area (Å²) in [5.41, 5.74) is 0.0746. The van der Waals surface area contributed by atoms with Gasteiger partial charge in [-0.1, -0.05) is 5.92 Å². The van der Waals surface area contributed by atoms with Gasteiger partial charge in [-0.05, 0) is 31.0 Å². The molecule has 0 saturated heterocycles. The number of amides is 1. The van der Waals surface area contributed by atoms with Crippen LogP contribution in [-0.4, -0.2) is 30.3 Å². The van der Waals surface area contributed by atoms with Crippen LogP contribution in [0.25, 0.3) is 0 Å². The molecule has 0 aliphatic heterocycles. The molecule has 1 aliphatic rings. The number of carbonyl (C=O) groups is 1. The Labute approximate surface area is 114 Å². The topological polar surface area (TPSA) is 29.5 Å². The molecule has 1 fully saturated rings. The van der Waals surface area contributed by atoms with Crippen molar-refractivity contribution >= 4 is 5.91 Å². The smallest absolute Gasteiger partial charge is 0.405 e. The summed E-state index contributed by atoms with van der Waals surface area (Å²) in [6.45, 7) is 0. The standard InChI is InChI=1S/C14H12F3NO2/c1-3-9-4-7-11(12(8-9)20-14(15,16)17)13(19)18(2)10-5-6-10/h1,4,7-8,10H,5-6H2,2H3. The Bertz CT molecular complexity index is 571. The lowest BCUT2D eigenvalue weighted by atomic mass is 10.1. The van der Waals surface area contributed by atoms with Crippen molar-refractivity contribution in [1.29, 1.82) is 0 Å². The first kappa shape index (κ1) is 14.3. The third kappa shape index (κ3) is 3.23. The lowest BCUT2D eigenvalue weighted by molar-refractivity contribution is -0.274. The molecule has 2 rings (SSSR count). The highest BCUT2D eigenvalue weighted by Gasteiger charge is 2.35. The van der Waals surface area contributed by atoms with Crippen LogP contribution in [0.2, 0.25) is 0 Å². The fraction of sp³-hybridized carbons (Fsp3) is 0.357. The first-order chi connectivity index (χ1) is 9.31. The zero-order valence-electron chi connectivity index (χ0n) is 10.7. The van der Waals surface area contributed by atoms with Crippen molar-refractivity contribution in [2.75, 3.05) is 7.05 Å². The summed E-state index contributed by atoms with van der Waals surface area (Å²) >= 11 is 0. The molecule has 20 heavy (non-hydrogen) atoms. The van der Waals surface area contributed by atoms with Gasteiger partial charge in [0.05, 0.1) is 5.56 Å². The molecule has 0 radical (unpaired) electrons. The van der Waals surface area contributed by atoms with Crippen molar-refractivity contribution in [3.8, 4) is 18.1 Å². The molecule has 0 atom stereocenters. The Morgan fingerprint density at radius 3 is 2.60 bits per heavy atom.